The summed E-state index contributed by atoms with van der Waals surface area (Å²) in [4.78, 5) is 17.3. The average molecular weight is 271 g/mol. The molecular formula is C16H21N3O. The molecule has 106 valence electrons. The highest BCUT2D eigenvalue weighted by Crippen LogP contribution is 2.13. The molecule has 1 amide bonds. The van der Waals surface area contributed by atoms with Crippen LogP contribution in [-0.4, -0.2) is 28.9 Å². The molecule has 0 saturated carbocycles. The van der Waals surface area contributed by atoms with Gasteiger partial charge in [0.15, 0.2) is 0 Å². The van der Waals surface area contributed by atoms with Gasteiger partial charge >= 0.3 is 0 Å². The molecule has 0 atom stereocenters. The maximum atomic E-state index is 12.3. The third-order valence-electron chi connectivity index (χ3n) is 3.31. The first-order valence-corrected chi connectivity index (χ1v) is 7.00. The first-order chi connectivity index (χ1) is 9.74. The standard InChI is InChI=1S/C16H21N3O/c1-3-19(4-2)16(20)13-7-5-8-14(11-13)18-12-15-9-6-10-17-15/h5-11,17-18H,3-4,12H2,1-2H3. The number of nitrogens with one attached hydrogen (secondary N) is 2. The Morgan fingerprint density at radius 3 is 2.65 bits per heavy atom. The molecule has 2 rings (SSSR count). The Morgan fingerprint density at radius 1 is 1.20 bits per heavy atom. The van der Waals surface area contributed by atoms with Crippen LogP contribution in [0.4, 0.5) is 5.69 Å². The van der Waals surface area contributed by atoms with E-state index in [1.165, 1.54) is 0 Å². The van der Waals surface area contributed by atoms with E-state index in [0.717, 1.165) is 36.6 Å². The second-order valence-corrected chi connectivity index (χ2v) is 4.61. The van der Waals surface area contributed by atoms with E-state index in [2.05, 4.69) is 10.3 Å². The molecule has 0 fully saturated rings. The lowest BCUT2D eigenvalue weighted by atomic mass is 10.1. The molecule has 0 aliphatic heterocycles. The van der Waals surface area contributed by atoms with Crippen LogP contribution in [0, 0.1) is 0 Å². The van der Waals surface area contributed by atoms with Gasteiger partial charge in [-0.15, -0.1) is 0 Å². The van der Waals surface area contributed by atoms with Crippen LogP contribution in [-0.2, 0) is 6.54 Å². The zero-order chi connectivity index (χ0) is 14.4. The van der Waals surface area contributed by atoms with E-state index in [0.29, 0.717) is 0 Å². The number of hydrogen-bond donors (Lipinski definition) is 2. The lowest BCUT2D eigenvalue weighted by molar-refractivity contribution is 0.0773. The van der Waals surface area contributed by atoms with Crippen molar-refractivity contribution >= 4 is 11.6 Å². The number of rotatable bonds is 6. The highest BCUT2D eigenvalue weighted by molar-refractivity contribution is 5.95. The fourth-order valence-electron chi connectivity index (χ4n) is 2.13. The van der Waals surface area contributed by atoms with E-state index in [4.69, 9.17) is 0 Å². The highest BCUT2D eigenvalue weighted by atomic mass is 16.2. The highest BCUT2D eigenvalue weighted by Gasteiger charge is 2.12. The quantitative estimate of drug-likeness (QED) is 0.848. The van der Waals surface area contributed by atoms with Gasteiger partial charge in [0.25, 0.3) is 5.91 Å². The smallest absolute Gasteiger partial charge is 0.253 e. The fourth-order valence-corrected chi connectivity index (χ4v) is 2.13. The molecule has 0 aliphatic carbocycles. The normalized spacial score (nSPS) is 10.3. The van der Waals surface area contributed by atoms with E-state index >= 15 is 0 Å². The number of aromatic nitrogens is 1. The van der Waals surface area contributed by atoms with Crippen molar-refractivity contribution in [1.29, 1.82) is 0 Å². The topological polar surface area (TPSA) is 48.1 Å². The Hall–Kier alpha value is -2.23. The number of H-pyrrole nitrogens is 1. The summed E-state index contributed by atoms with van der Waals surface area (Å²) in [6.45, 7) is 6.17. The predicted molar refractivity (Wildman–Crippen MR) is 81.8 cm³/mol. The lowest BCUT2D eigenvalue weighted by Crippen LogP contribution is -2.30. The van der Waals surface area contributed by atoms with Crippen LogP contribution < -0.4 is 5.32 Å². The lowest BCUT2D eigenvalue weighted by Gasteiger charge is -2.19. The first kappa shape index (κ1) is 14.2. The van der Waals surface area contributed by atoms with Crippen LogP contribution in [0.5, 0.6) is 0 Å². The van der Waals surface area contributed by atoms with Gasteiger partial charge in [-0.3, -0.25) is 4.79 Å². The van der Waals surface area contributed by atoms with E-state index < -0.39 is 0 Å². The zero-order valence-corrected chi connectivity index (χ0v) is 12.0. The third-order valence-corrected chi connectivity index (χ3v) is 3.31. The minimum Gasteiger partial charge on any atom is -0.379 e. The first-order valence-electron chi connectivity index (χ1n) is 7.00. The summed E-state index contributed by atoms with van der Waals surface area (Å²) in [7, 11) is 0. The summed E-state index contributed by atoms with van der Waals surface area (Å²) in [5.74, 6) is 0.0820. The molecule has 4 nitrogen and oxygen atoms in total. The number of amides is 1. The van der Waals surface area contributed by atoms with Gasteiger partial charge < -0.3 is 15.2 Å². The predicted octanol–water partition coefficient (Wildman–Crippen LogP) is 3.11. The van der Waals surface area contributed by atoms with Crippen LogP contribution in [0.1, 0.15) is 29.9 Å². The number of carbonyl (C=O) groups is 1. The van der Waals surface area contributed by atoms with Crippen molar-refractivity contribution in [3.63, 3.8) is 0 Å². The maximum absolute atomic E-state index is 12.3. The largest absolute Gasteiger partial charge is 0.379 e. The van der Waals surface area contributed by atoms with Gasteiger partial charge in [0.05, 0.1) is 6.54 Å². The van der Waals surface area contributed by atoms with Crippen LogP contribution in [0.25, 0.3) is 0 Å². The molecular weight excluding hydrogens is 250 g/mol. The van der Waals surface area contributed by atoms with Crippen LogP contribution in [0.15, 0.2) is 42.6 Å². The summed E-state index contributed by atoms with van der Waals surface area (Å²) >= 11 is 0. The van der Waals surface area contributed by atoms with Gasteiger partial charge in [-0.1, -0.05) is 6.07 Å². The number of hydrogen-bond acceptors (Lipinski definition) is 2. The molecule has 0 saturated heterocycles. The molecule has 2 N–H and O–H groups in total. The molecule has 0 spiro atoms. The Kier molecular flexibility index (Phi) is 4.82. The average Bonchev–Trinajstić information content (AvgIpc) is 3.00. The number of benzene rings is 1. The van der Waals surface area contributed by atoms with Crippen molar-refractivity contribution < 1.29 is 4.79 Å². The van der Waals surface area contributed by atoms with E-state index in [1.807, 2.05) is 61.3 Å². The zero-order valence-electron chi connectivity index (χ0n) is 12.0. The molecule has 1 heterocycles. The van der Waals surface area contributed by atoms with Crippen molar-refractivity contribution in [2.45, 2.75) is 20.4 Å². The van der Waals surface area contributed by atoms with Crippen LogP contribution in [0.3, 0.4) is 0 Å². The Balaban J connectivity index is 2.05. The molecule has 0 radical (unpaired) electrons. The molecule has 1 aromatic carbocycles. The van der Waals surface area contributed by atoms with Crippen molar-refractivity contribution in [3.05, 3.63) is 53.9 Å². The van der Waals surface area contributed by atoms with E-state index in [-0.39, 0.29) is 5.91 Å². The monoisotopic (exact) mass is 271 g/mol. The number of nitrogens with zero attached hydrogens (tertiary/aromatic N) is 1. The number of anilines is 1. The van der Waals surface area contributed by atoms with Crippen LogP contribution in [0.2, 0.25) is 0 Å². The number of carbonyl (C=O) groups excluding carboxylic acids is 1. The van der Waals surface area contributed by atoms with Crippen molar-refractivity contribution in [2.75, 3.05) is 18.4 Å². The molecule has 2 aromatic rings. The second kappa shape index (κ2) is 6.80. The van der Waals surface area contributed by atoms with Gasteiger partial charge in [-0.25, -0.2) is 0 Å². The van der Waals surface area contributed by atoms with E-state index in [9.17, 15) is 4.79 Å². The molecule has 1 aromatic heterocycles. The molecule has 0 aliphatic rings. The van der Waals surface area contributed by atoms with Crippen molar-refractivity contribution in [1.82, 2.24) is 9.88 Å². The molecule has 20 heavy (non-hydrogen) atoms. The minimum atomic E-state index is 0.0820. The minimum absolute atomic E-state index is 0.0820. The summed E-state index contributed by atoms with van der Waals surface area (Å²) in [6.07, 6.45) is 1.90. The number of aromatic amines is 1. The molecule has 4 heteroatoms. The summed E-state index contributed by atoms with van der Waals surface area (Å²) < 4.78 is 0. The Morgan fingerprint density at radius 2 is 2.00 bits per heavy atom. The van der Waals surface area contributed by atoms with Gasteiger partial charge in [-0.2, -0.15) is 0 Å². The Labute approximate surface area is 119 Å². The summed E-state index contributed by atoms with van der Waals surface area (Å²) in [5, 5.41) is 3.32. The van der Waals surface area contributed by atoms with Crippen molar-refractivity contribution in [3.8, 4) is 0 Å². The van der Waals surface area contributed by atoms with Gasteiger partial charge in [0, 0.05) is 36.2 Å². The molecule has 0 unspecified atom stereocenters. The SMILES string of the molecule is CCN(CC)C(=O)c1cccc(NCc2ccc[nH]2)c1. The van der Waals surface area contributed by atoms with Gasteiger partial charge in [0.1, 0.15) is 0 Å². The van der Waals surface area contributed by atoms with Crippen LogP contribution >= 0.6 is 0 Å². The van der Waals surface area contributed by atoms with Gasteiger partial charge in [-0.05, 0) is 44.2 Å². The third kappa shape index (κ3) is 3.41. The summed E-state index contributed by atoms with van der Waals surface area (Å²) in [6, 6.07) is 11.6. The molecule has 0 bridgehead atoms. The second-order valence-electron chi connectivity index (χ2n) is 4.61. The van der Waals surface area contributed by atoms with E-state index in [1.54, 1.807) is 0 Å². The Bertz CT molecular complexity index is 545. The summed E-state index contributed by atoms with van der Waals surface area (Å²) in [5.41, 5.74) is 2.80. The van der Waals surface area contributed by atoms with Crippen molar-refractivity contribution in [2.24, 2.45) is 0 Å². The maximum Gasteiger partial charge on any atom is 0.253 e. The van der Waals surface area contributed by atoms with Gasteiger partial charge in [0.2, 0.25) is 0 Å². The fraction of sp³-hybridized carbons (Fsp3) is 0.312.